The summed E-state index contributed by atoms with van der Waals surface area (Å²) in [4.78, 5) is 13.0. The Morgan fingerprint density at radius 3 is 2.64 bits per heavy atom. The van der Waals surface area contributed by atoms with Crippen molar-refractivity contribution < 1.29 is 4.79 Å². The highest BCUT2D eigenvalue weighted by Gasteiger charge is 2.33. The standard InChI is InChI=1S/C15H20Cl2N4O/c16-11-4-5-14(12(17)10-11)21(20-8-2-1-3-9-20)15(22)13-6-7-18-19-13/h4-5,10,13,18-19H,1-3,6-9H2. The molecule has 1 aromatic rings. The molecule has 5 nitrogen and oxygen atoms in total. The number of hydrogen-bond acceptors (Lipinski definition) is 4. The van der Waals surface area contributed by atoms with E-state index < -0.39 is 0 Å². The van der Waals surface area contributed by atoms with Gasteiger partial charge in [-0.3, -0.25) is 10.2 Å². The first-order chi connectivity index (χ1) is 10.7. The first-order valence-corrected chi connectivity index (χ1v) is 8.44. The van der Waals surface area contributed by atoms with Gasteiger partial charge in [-0.1, -0.05) is 29.6 Å². The van der Waals surface area contributed by atoms with Crippen LogP contribution < -0.4 is 15.9 Å². The van der Waals surface area contributed by atoms with Crippen LogP contribution in [0.3, 0.4) is 0 Å². The van der Waals surface area contributed by atoms with Crippen molar-refractivity contribution in [1.82, 2.24) is 15.9 Å². The quantitative estimate of drug-likeness (QED) is 0.886. The monoisotopic (exact) mass is 342 g/mol. The average molecular weight is 343 g/mol. The Balaban J connectivity index is 1.92. The first-order valence-electron chi connectivity index (χ1n) is 7.69. The van der Waals surface area contributed by atoms with Crippen LogP contribution in [-0.4, -0.2) is 36.6 Å². The molecule has 1 atom stereocenters. The van der Waals surface area contributed by atoms with Crippen molar-refractivity contribution in [3.8, 4) is 0 Å². The van der Waals surface area contributed by atoms with Crippen LogP contribution in [0.25, 0.3) is 0 Å². The maximum Gasteiger partial charge on any atom is 0.260 e. The zero-order valence-electron chi connectivity index (χ0n) is 12.3. The molecule has 2 saturated heterocycles. The Labute approximate surface area is 140 Å². The summed E-state index contributed by atoms with van der Waals surface area (Å²) >= 11 is 12.3. The minimum atomic E-state index is -0.228. The molecule has 2 aliphatic heterocycles. The predicted molar refractivity (Wildman–Crippen MR) is 88.9 cm³/mol. The lowest BCUT2D eigenvalue weighted by atomic mass is 10.1. The van der Waals surface area contributed by atoms with Crippen LogP contribution in [0, 0.1) is 0 Å². The van der Waals surface area contributed by atoms with E-state index in [0.29, 0.717) is 15.7 Å². The van der Waals surface area contributed by atoms with Crippen LogP contribution in [0.2, 0.25) is 10.0 Å². The summed E-state index contributed by atoms with van der Waals surface area (Å²) in [5.74, 6) is 0.0242. The van der Waals surface area contributed by atoms with Crippen LogP contribution in [-0.2, 0) is 4.79 Å². The summed E-state index contributed by atoms with van der Waals surface area (Å²) in [6, 6.07) is 5.05. The Hall–Kier alpha value is -0.850. The second kappa shape index (κ2) is 7.15. The van der Waals surface area contributed by atoms with Crippen LogP contribution >= 0.6 is 23.2 Å². The molecule has 0 bridgehead atoms. The average Bonchev–Trinajstić information content (AvgIpc) is 3.05. The molecule has 0 aliphatic carbocycles. The molecule has 2 N–H and O–H groups in total. The van der Waals surface area contributed by atoms with E-state index in [4.69, 9.17) is 23.2 Å². The number of hydrazine groups is 2. The molecule has 2 fully saturated rings. The van der Waals surface area contributed by atoms with Crippen LogP contribution in [0.4, 0.5) is 5.69 Å². The molecular weight excluding hydrogens is 323 g/mol. The van der Waals surface area contributed by atoms with Gasteiger partial charge in [0, 0.05) is 24.7 Å². The Morgan fingerprint density at radius 2 is 2.00 bits per heavy atom. The minimum Gasteiger partial charge on any atom is -0.271 e. The fraction of sp³-hybridized carbons (Fsp3) is 0.533. The van der Waals surface area contributed by atoms with Crippen molar-refractivity contribution in [3.05, 3.63) is 28.2 Å². The van der Waals surface area contributed by atoms with E-state index in [9.17, 15) is 4.79 Å². The van der Waals surface area contributed by atoms with Gasteiger partial charge in [-0.15, -0.1) is 0 Å². The van der Waals surface area contributed by atoms with Gasteiger partial charge in [-0.05, 0) is 37.5 Å². The molecule has 7 heteroatoms. The van der Waals surface area contributed by atoms with E-state index >= 15 is 0 Å². The highest BCUT2D eigenvalue weighted by molar-refractivity contribution is 6.36. The van der Waals surface area contributed by atoms with E-state index in [1.165, 1.54) is 6.42 Å². The summed E-state index contributed by atoms with van der Waals surface area (Å²) in [6.07, 6.45) is 4.15. The number of benzene rings is 1. The number of carbonyl (C=O) groups is 1. The van der Waals surface area contributed by atoms with E-state index in [1.54, 1.807) is 17.1 Å². The fourth-order valence-corrected chi connectivity index (χ4v) is 3.45. The van der Waals surface area contributed by atoms with Crippen molar-refractivity contribution >= 4 is 34.8 Å². The first kappa shape index (κ1) is 16.0. The van der Waals surface area contributed by atoms with Crippen molar-refractivity contribution in [3.63, 3.8) is 0 Å². The molecule has 2 heterocycles. The van der Waals surface area contributed by atoms with Gasteiger partial charge in [-0.2, -0.15) is 0 Å². The topological polar surface area (TPSA) is 47.6 Å². The third kappa shape index (κ3) is 3.39. The number of nitrogens with zero attached hydrogens (tertiary/aromatic N) is 2. The molecule has 120 valence electrons. The lowest BCUT2D eigenvalue weighted by molar-refractivity contribution is -0.123. The highest BCUT2D eigenvalue weighted by Crippen LogP contribution is 2.31. The van der Waals surface area contributed by atoms with Crippen molar-refractivity contribution in [2.45, 2.75) is 31.7 Å². The Bertz CT molecular complexity index is 542. The van der Waals surface area contributed by atoms with Crippen LogP contribution in [0.1, 0.15) is 25.7 Å². The summed E-state index contributed by atoms with van der Waals surface area (Å²) in [6.45, 7) is 2.52. The molecule has 0 saturated carbocycles. The van der Waals surface area contributed by atoms with Gasteiger partial charge in [0.15, 0.2) is 0 Å². The lowest BCUT2D eigenvalue weighted by Crippen LogP contribution is -2.55. The molecule has 1 aromatic carbocycles. The second-order valence-electron chi connectivity index (χ2n) is 5.67. The SMILES string of the molecule is O=C(C1CCNN1)N(c1ccc(Cl)cc1Cl)N1CCCCC1. The van der Waals surface area contributed by atoms with Crippen molar-refractivity contribution in [1.29, 1.82) is 0 Å². The molecule has 0 aromatic heterocycles. The largest absolute Gasteiger partial charge is 0.271 e. The smallest absolute Gasteiger partial charge is 0.260 e. The van der Waals surface area contributed by atoms with E-state index in [1.807, 2.05) is 6.07 Å². The molecule has 1 amide bonds. The Kier molecular flexibility index (Phi) is 5.21. The van der Waals surface area contributed by atoms with Gasteiger partial charge in [0.1, 0.15) is 6.04 Å². The molecule has 3 rings (SSSR count). The third-order valence-electron chi connectivity index (χ3n) is 4.09. The summed E-state index contributed by atoms with van der Waals surface area (Å²) in [7, 11) is 0. The van der Waals surface area contributed by atoms with Crippen LogP contribution in [0.5, 0.6) is 0 Å². The molecular formula is C15H20Cl2N4O. The van der Waals surface area contributed by atoms with Gasteiger partial charge in [-0.25, -0.2) is 15.4 Å². The number of rotatable bonds is 3. The number of anilines is 1. The maximum absolute atomic E-state index is 13.0. The number of amides is 1. The number of hydrogen-bond donors (Lipinski definition) is 2. The number of nitrogens with one attached hydrogen (secondary N) is 2. The van der Waals surface area contributed by atoms with Crippen molar-refractivity contribution in [2.75, 3.05) is 24.6 Å². The van der Waals surface area contributed by atoms with Gasteiger partial charge in [0.05, 0.1) is 10.7 Å². The zero-order valence-corrected chi connectivity index (χ0v) is 13.8. The summed E-state index contributed by atoms with van der Waals surface area (Å²) < 4.78 is 0. The summed E-state index contributed by atoms with van der Waals surface area (Å²) in [5.41, 5.74) is 6.76. The molecule has 0 spiro atoms. The molecule has 0 radical (unpaired) electrons. The molecule has 22 heavy (non-hydrogen) atoms. The molecule has 2 aliphatic rings. The van der Waals surface area contributed by atoms with Gasteiger partial charge in [0.2, 0.25) is 0 Å². The fourth-order valence-electron chi connectivity index (χ4n) is 2.96. The number of carbonyl (C=O) groups excluding carboxylic acids is 1. The van der Waals surface area contributed by atoms with Crippen LogP contribution in [0.15, 0.2) is 18.2 Å². The van der Waals surface area contributed by atoms with Crippen molar-refractivity contribution in [2.24, 2.45) is 0 Å². The highest BCUT2D eigenvalue weighted by atomic mass is 35.5. The molecule has 1 unspecified atom stereocenters. The number of halogens is 2. The lowest BCUT2D eigenvalue weighted by Gasteiger charge is -2.38. The summed E-state index contributed by atoms with van der Waals surface area (Å²) in [5, 5.41) is 4.90. The van der Waals surface area contributed by atoms with E-state index in [-0.39, 0.29) is 11.9 Å². The van der Waals surface area contributed by atoms with Gasteiger partial charge < -0.3 is 0 Å². The maximum atomic E-state index is 13.0. The zero-order chi connectivity index (χ0) is 15.5. The van der Waals surface area contributed by atoms with Gasteiger partial charge >= 0.3 is 0 Å². The van der Waals surface area contributed by atoms with Gasteiger partial charge in [0.25, 0.3) is 5.91 Å². The minimum absolute atomic E-state index is 0.0242. The van der Waals surface area contributed by atoms with E-state index in [2.05, 4.69) is 15.9 Å². The second-order valence-corrected chi connectivity index (χ2v) is 6.52. The third-order valence-corrected chi connectivity index (χ3v) is 4.63. The normalized spacial score (nSPS) is 22.7. The Morgan fingerprint density at radius 1 is 1.23 bits per heavy atom. The predicted octanol–water partition coefficient (Wildman–Crippen LogP) is 2.59. The number of piperidine rings is 1. The van der Waals surface area contributed by atoms with E-state index in [0.717, 1.165) is 38.9 Å².